The van der Waals surface area contributed by atoms with Gasteiger partial charge in [-0.25, -0.2) is 0 Å². The van der Waals surface area contributed by atoms with Gasteiger partial charge in [0.1, 0.15) is 23.0 Å². The molecule has 0 saturated carbocycles. The van der Waals surface area contributed by atoms with Gasteiger partial charge in [0.15, 0.2) is 0 Å². The van der Waals surface area contributed by atoms with E-state index in [0.29, 0.717) is 0 Å². The van der Waals surface area contributed by atoms with E-state index in [1.807, 2.05) is 50.2 Å². The number of benzene rings is 2. The van der Waals surface area contributed by atoms with Crippen LogP contribution in [0.5, 0.6) is 23.0 Å². The molecule has 0 atom stereocenters. The lowest BCUT2D eigenvalue weighted by molar-refractivity contribution is 0.393. The van der Waals surface area contributed by atoms with Gasteiger partial charge in [0.2, 0.25) is 0 Å². The van der Waals surface area contributed by atoms with Crippen LogP contribution in [-0.2, 0) is 0 Å². The van der Waals surface area contributed by atoms with Crippen molar-refractivity contribution in [1.29, 1.82) is 0 Å². The van der Waals surface area contributed by atoms with E-state index < -0.39 is 0 Å². The van der Waals surface area contributed by atoms with Gasteiger partial charge in [-0.15, -0.1) is 0 Å². The van der Waals surface area contributed by atoms with Gasteiger partial charge in [-0.2, -0.15) is 0 Å². The van der Waals surface area contributed by atoms with E-state index in [4.69, 9.17) is 18.9 Å². The lowest BCUT2D eigenvalue weighted by Crippen LogP contribution is -1.87. The smallest absolute Gasteiger partial charge is 0.122 e. The van der Waals surface area contributed by atoms with Gasteiger partial charge >= 0.3 is 0 Å². The first-order chi connectivity index (χ1) is 10.5. The summed E-state index contributed by atoms with van der Waals surface area (Å²) in [6.07, 6.45) is 0. The fourth-order valence-electron chi connectivity index (χ4n) is 1.90. The van der Waals surface area contributed by atoms with E-state index in [-0.39, 0.29) is 0 Å². The minimum Gasteiger partial charge on any atom is -0.497 e. The zero-order valence-corrected chi connectivity index (χ0v) is 14.1. The van der Waals surface area contributed by atoms with Crippen molar-refractivity contribution >= 4 is 0 Å². The molecular formula is C18H24O4. The minimum atomic E-state index is 0.835. The summed E-state index contributed by atoms with van der Waals surface area (Å²) in [6, 6.07) is 11.6. The van der Waals surface area contributed by atoms with Crippen LogP contribution in [0.4, 0.5) is 0 Å². The summed E-state index contributed by atoms with van der Waals surface area (Å²) in [7, 11) is 6.59. The average molecular weight is 304 g/mol. The third-order valence-corrected chi connectivity index (χ3v) is 2.99. The van der Waals surface area contributed by atoms with E-state index in [1.54, 1.807) is 28.4 Å². The summed E-state index contributed by atoms with van der Waals surface area (Å²) >= 11 is 0. The third kappa shape index (κ3) is 5.56. The highest BCUT2D eigenvalue weighted by molar-refractivity contribution is 5.38. The predicted octanol–water partition coefficient (Wildman–Crippen LogP) is 4.02. The zero-order chi connectivity index (χ0) is 16.5. The van der Waals surface area contributed by atoms with Crippen molar-refractivity contribution in [3.8, 4) is 23.0 Å². The average Bonchev–Trinajstić information content (AvgIpc) is 2.53. The van der Waals surface area contributed by atoms with Crippen LogP contribution in [-0.4, -0.2) is 28.4 Å². The van der Waals surface area contributed by atoms with Gasteiger partial charge in [-0.05, 0) is 49.2 Å². The van der Waals surface area contributed by atoms with Gasteiger partial charge in [-0.1, -0.05) is 0 Å². The lowest BCUT2D eigenvalue weighted by Gasteiger charge is -2.04. The van der Waals surface area contributed by atoms with E-state index >= 15 is 0 Å². The predicted molar refractivity (Wildman–Crippen MR) is 88.6 cm³/mol. The van der Waals surface area contributed by atoms with Crippen LogP contribution in [0, 0.1) is 13.8 Å². The van der Waals surface area contributed by atoms with Crippen molar-refractivity contribution in [3.05, 3.63) is 47.5 Å². The molecule has 0 aliphatic rings. The Morgan fingerprint density at radius 3 is 0.864 bits per heavy atom. The molecule has 22 heavy (non-hydrogen) atoms. The summed E-state index contributed by atoms with van der Waals surface area (Å²) in [5.74, 6) is 3.34. The molecule has 0 heterocycles. The topological polar surface area (TPSA) is 36.9 Å². The standard InChI is InChI=1S/2C9H12O2/c2*1-7-4-8(10-2)6-9(5-7)11-3/h2*4-6H,1-3H3. The van der Waals surface area contributed by atoms with Crippen LogP contribution >= 0.6 is 0 Å². The van der Waals surface area contributed by atoms with Crippen LogP contribution in [0.15, 0.2) is 36.4 Å². The van der Waals surface area contributed by atoms with E-state index in [2.05, 4.69) is 0 Å². The molecule has 0 aromatic heterocycles. The van der Waals surface area contributed by atoms with Crippen LogP contribution in [0.25, 0.3) is 0 Å². The first-order valence-corrected chi connectivity index (χ1v) is 6.91. The van der Waals surface area contributed by atoms with E-state index in [1.165, 1.54) is 0 Å². The maximum atomic E-state index is 5.06. The van der Waals surface area contributed by atoms with Gasteiger partial charge < -0.3 is 18.9 Å². The Morgan fingerprint density at radius 2 is 0.682 bits per heavy atom. The van der Waals surface area contributed by atoms with Gasteiger partial charge in [-0.3, -0.25) is 0 Å². The highest BCUT2D eigenvalue weighted by Crippen LogP contribution is 2.22. The monoisotopic (exact) mass is 304 g/mol. The van der Waals surface area contributed by atoms with Crippen LogP contribution in [0.2, 0.25) is 0 Å². The Kier molecular flexibility index (Phi) is 7.09. The fraction of sp³-hybridized carbons (Fsp3) is 0.333. The molecule has 0 fully saturated rings. The molecule has 0 amide bonds. The summed E-state index contributed by atoms with van der Waals surface area (Å²) in [4.78, 5) is 0. The molecule has 0 radical (unpaired) electrons. The van der Waals surface area contributed by atoms with Crippen LogP contribution < -0.4 is 18.9 Å². The molecule has 2 aromatic carbocycles. The molecule has 0 unspecified atom stereocenters. The van der Waals surface area contributed by atoms with Gasteiger partial charge in [0.05, 0.1) is 28.4 Å². The van der Waals surface area contributed by atoms with Crippen LogP contribution in [0.3, 0.4) is 0 Å². The molecule has 0 aliphatic heterocycles. The third-order valence-electron chi connectivity index (χ3n) is 2.99. The SMILES string of the molecule is COc1cc(C)cc(OC)c1.COc1cc(C)cc(OC)c1. The molecule has 0 spiro atoms. The van der Waals surface area contributed by atoms with Crippen molar-refractivity contribution in [2.75, 3.05) is 28.4 Å². The summed E-state index contributed by atoms with van der Waals surface area (Å²) in [6.45, 7) is 4.01. The quantitative estimate of drug-likeness (QED) is 0.854. The molecule has 0 bridgehead atoms. The number of ether oxygens (including phenoxy) is 4. The van der Waals surface area contributed by atoms with Gasteiger partial charge in [0.25, 0.3) is 0 Å². The molecule has 0 N–H and O–H groups in total. The Balaban J connectivity index is 0.000000220. The van der Waals surface area contributed by atoms with E-state index in [9.17, 15) is 0 Å². The normalized spacial score (nSPS) is 9.36. The van der Waals surface area contributed by atoms with Gasteiger partial charge in [0, 0.05) is 12.1 Å². The first kappa shape index (κ1) is 17.7. The van der Waals surface area contributed by atoms with E-state index in [0.717, 1.165) is 34.1 Å². The van der Waals surface area contributed by atoms with Crippen molar-refractivity contribution < 1.29 is 18.9 Å². The van der Waals surface area contributed by atoms with Crippen molar-refractivity contribution in [2.45, 2.75) is 13.8 Å². The molecule has 0 aliphatic carbocycles. The minimum absolute atomic E-state index is 0.835. The fourth-order valence-corrected chi connectivity index (χ4v) is 1.90. The largest absolute Gasteiger partial charge is 0.497 e. The molecule has 2 aromatic rings. The Morgan fingerprint density at radius 1 is 0.455 bits per heavy atom. The molecule has 4 heteroatoms. The van der Waals surface area contributed by atoms with Crippen LogP contribution in [0.1, 0.15) is 11.1 Å². The number of rotatable bonds is 4. The van der Waals surface area contributed by atoms with Crippen molar-refractivity contribution in [2.24, 2.45) is 0 Å². The number of aryl methyl sites for hydroxylation is 2. The highest BCUT2D eigenvalue weighted by Gasteiger charge is 1.97. The molecule has 2 rings (SSSR count). The second kappa shape index (κ2) is 8.82. The first-order valence-electron chi connectivity index (χ1n) is 6.91. The number of methoxy groups -OCH3 is 4. The van der Waals surface area contributed by atoms with Crippen molar-refractivity contribution in [3.63, 3.8) is 0 Å². The second-order valence-corrected chi connectivity index (χ2v) is 4.78. The Hall–Kier alpha value is -2.36. The number of hydrogen-bond acceptors (Lipinski definition) is 4. The maximum Gasteiger partial charge on any atom is 0.122 e. The molecule has 120 valence electrons. The highest BCUT2D eigenvalue weighted by atomic mass is 16.5. The molecule has 0 saturated heterocycles. The maximum absolute atomic E-state index is 5.06. The summed E-state index contributed by atoms with van der Waals surface area (Å²) < 4.78 is 20.2. The summed E-state index contributed by atoms with van der Waals surface area (Å²) in [5.41, 5.74) is 2.28. The van der Waals surface area contributed by atoms with Crippen molar-refractivity contribution in [1.82, 2.24) is 0 Å². The summed E-state index contributed by atoms with van der Waals surface area (Å²) in [5, 5.41) is 0. The Labute approximate surface area is 132 Å². The zero-order valence-electron chi connectivity index (χ0n) is 14.1. The molecule has 4 nitrogen and oxygen atoms in total. The Bertz CT molecular complexity index is 496. The molecular weight excluding hydrogens is 280 g/mol. The number of hydrogen-bond donors (Lipinski definition) is 0. The second-order valence-electron chi connectivity index (χ2n) is 4.78. The lowest BCUT2D eigenvalue weighted by atomic mass is 10.2.